The van der Waals surface area contributed by atoms with Crippen LogP contribution >= 0.6 is 0 Å². The molecule has 0 radical (unpaired) electrons. The number of nitrogens with one attached hydrogen (secondary N) is 1. The number of nitrogens with zero attached hydrogens (tertiary/aromatic N) is 1. The molecule has 1 aliphatic carbocycles. The molecule has 0 aromatic heterocycles. The van der Waals surface area contributed by atoms with E-state index in [1.807, 2.05) is 6.92 Å². The smallest absolute Gasteiger partial charge is 0.323 e. The van der Waals surface area contributed by atoms with Gasteiger partial charge >= 0.3 is 6.03 Å². The molecule has 1 spiro atoms. The zero-order valence-corrected chi connectivity index (χ0v) is 12.1. The Morgan fingerprint density at radius 2 is 2.10 bits per heavy atom. The summed E-state index contributed by atoms with van der Waals surface area (Å²) in [6.45, 7) is 2.00. The van der Waals surface area contributed by atoms with E-state index in [9.17, 15) is 14.0 Å². The molecule has 1 heterocycles. The van der Waals surface area contributed by atoms with Crippen molar-refractivity contribution in [1.29, 1.82) is 0 Å². The summed E-state index contributed by atoms with van der Waals surface area (Å²) in [5.74, 6) is -0.480. The van der Waals surface area contributed by atoms with E-state index < -0.39 is 17.4 Å². The Morgan fingerprint density at radius 3 is 2.81 bits per heavy atom. The normalized spacial score (nSPS) is 29.0. The van der Waals surface area contributed by atoms with Gasteiger partial charge in [-0.3, -0.25) is 9.69 Å². The highest BCUT2D eigenvalue weighted by atomic mass is 19.1. The number of urea groups is 1. The molecule has 1 N–H and O–H groups in total. The molecule has 2 atom stereocenters. The molecule has 3 rings (SSSR count). The standard InChI is InChI=1S/C16H19FN2O2/c1-11-6-4-5-9-16(11)14(20)19(15(21)18-16)10-12-7-2-3-8-13(12)17/h2-3,7-8,11H,4-6,9-10H2,1H3,(H,18,21)/t11-,16+/m1/s1. The van der Waals surface area contributed by atoms with Crippen LogP contribution in [-0.2, 0) is 11.3 Å². The average Bonchev–Trinajstić information content (AvgIpc) is 2.70. The molecule has 1 saturated heterocycles. The largest absolute Gasteiger partial charge is 0.325 e. The van der Waals surface area contributed by atoms with Crippen LogP contribution in [0.25, 0.3) is 0 Å². The summed E-state index contributed by atoms with van der Waals surface area (Å²) in [5.41, 5.74) is -0.415. The predicted molar refractivity (Wildman–Crippen MR) is 75.8 cm³/mol. The Bertz CT molecular complexity index is 589. The van der Waals surface area contributed by atoms with E-state index in [4.69, 9.17) is 0 Å². The zero-order valence-electron chi connectivity index (χ0n) is 12.1. The van der Waals surface area contributed by atoms with Gasteiger partial charge in [-0.15, -0.1) is 0 Å². The number of hydrogen-bond donors (Lipinski definition) is 1. The van der Waals surface area contributed by atoms with Crippen molar-refractivity contribution in [2.75, 3.05) is 0 Å². The molecular formula is C16H19FN2O2. The fraction of sp³-hybridized carbons (Fsp3) is 0.500. The van der Waals surface area contributed by atoms with Gasteiger partial charge in [0.1, 0.15) is 11.4 Å². The van der Waals surface area contributed by atoms with Crippen LogP contribution in [0.2, 0.25) is 0 Å². The summed E-state index contributed by atoms with van der Waals surface area (Å²) in [4.78, 5) is 26.1. The molecule has 1 aromatic rings. The van der Waals surface area contributed by atoms with Crippen LogP contribution in [0.3, 0.4) is 0 Å². The molecule has 5 heteroatoms. The first-order valence-corrected chi connectivity index (χ1v) is 7.42. The lowest BCUT2D eigenvalue weighted by Crippen LogP contribution is -2.53. The van der Waals surface area contributed by atoms with Crippen molar-refractivity contribution in [3.05, 3.63) is 35.6 Å². The maximum absolute atomic E-state index is 13.7. The van der Waals surface area contributed by atoms with E-state index >= 15 is 0 Å². The second-order valence-electron chi connectivity index (χ2n) is 6.03. The van der Waals surface area contributed by atoms with Crippen molar-refractivity contribution in [3.63, 3.8) is 0 Å². The highest BCUT2D eigenvalue weighted by molar-refractivity contribution is 6.07. The minimum atomic E-state index is -0.777. The molecule has 1 aliphatic heterocycles. The molecule has 1 aromatic carbocycles. The van der Waals surface area contributed by atoms with Gasteiger partial charge in [0.05, 0.1) is 6.54 Å². The molecule has 3 amide bonds. The van der Waals surface area contributed by atoms with Gasteiger partial charge in [0, 0.05) is 5.56 Å². The summed E-state index contributed by atoms with van der Waals surface area (Å²) in [5, 5.41) is 2.87. The quantitative estimate of drug-likeness (QED) is 0.851. The topological polar surface area (TPSA) is 49.4 Å². The van der Waals surface area contributed by atoms with E-state index in [0.29, 0.717) is 12.0 Å². The summed E-state index contributed by atoms with van der Waals surface area (Å²) in [6, 6.07) is 5.83. The monoisotopic (exact) mass is 290 g/mol. The Kier molecular flexibility index (Phi) is 3.43. The van der Waals surface area contributed by atoms with Gasteiger partial charge in [0.15, 0.2) is 0 Å². The van der Waals surface area contributed by atoms with Crippen molar-refractivity contribution >= 4 is 11.9 Å². The summed E-state index contributed by atoms with van der Waals surface area (Å²) in [6.07, 6.45) is 3.62. The lowest BCUT2D eigenvalue weighted by atomic mass is 9.73. The van der Waals surface area contributed by atoms with Gasteiger partial charge < -0.3 is 5.32 Å². The van der Waals surface area contributed by atoms with E-state index in [2.05, 4.69) is 5.32 Å². The van der Waals surface area contributed by atoms with Crippen LogP contribution in [0, 0.1) is 11.7 Å². The molecule has 2 aliphatic rings. The molecular weight excluding hydrogens is 271 g/mol. The van der Waals surface area contributed by atoms with Crippen LogP contribution in [0.1, 0.15) is 38.2 Å². The lowest BCUT2D eigenvalue weighted by Gasteiger charge is -2.36. The van der Waals surface area contributed by atoms with Crippen molar-refractivity contribution in [3.8, 4) is 0 Å². The number of halogens is 1. The fourth-order valence-corrected chi connectivity index (χ4v) is 3.44. The van der Waals surface area contributed by atoms with E-state index in [1.165, 1.54) is 6.07 Å². The second kappa shape index (κ2) is 5.13. The van der Waals surface area contributed by atoms with E-state index in [0.717, 1.165) is 24.2 Å². The van der Waals surface area contributed by atoms with Crippen molar-refractivity contribution in [2.45, 2.75) is 44.7 Å². The van der Waals surface area contributed by atoms with Gasteiger partial charge in [-0.25, -0.2) is 9.18 Å². The van der Waals surface area contributed by atoms with Crippen LogP contribution in [0.4, 0.5) is 9.18 Å². The summed E-state index contributed by atoms with van der Waals surface area (Å²) in [7, 11) is 0. The number of carbonyl (C=O) groups excluding carboxylic acids is 2. The molecule has 0 bridgehead atoms. The summed E-state index contributed by atoms with van der Waals surface area (Å²) >= 11 is 0. The van der Waals surface area contributed by atoms with Crippen LogP contribution in [0.15, 0.2) is 24.3 Å². The van der Waals surface area contributed by atoms with Gasteiger partial charge in [0.25, 0.3) is 5.91 Å². The average molecular weight is 290 g/mol. The Balaban J connectivity index is 1.86. The molecule has 2 fully saturated rings. The van der Waals surface area contributed by atoms with Crippen LogP contribution < -0.4 is 5.32 Å². The number of rotatable bonds is 2. The molecule has 21 heavy (non-hydrogen) atoms. The van der Waals surface area contributed by atoms with Gasteiger partial charge in [-0.1, -0.05) is 38.0 Å². The SMILES string of the molecule is C[C@@H]1CCCC[C@]12NC(=O)N(Cc1ccccc1F)C2=O. The fourth-order valence-electron chi connectivity index (χ4n) is 3.44. The number of carbonyl (C=O) groups is 2. The number of imide groups is 1. The first-order chi connectivity index (χ1) is 10.0. The van der Waals surface area contributed by atoms with E-state index in [1.54, 1.807) is 18.2 Å². The first-order valence-electron chi connectivity index (χ1n) is 7.42. The molecule has 0 unspecified atom stereocenters. The van der Waals surface area contributed by atoms with Crippen molar-refractivity contribution in [2.24, 2.45) is 5.92 Å². The zero-order chi connectivity index (χ0) is 15.0. The maximum atomic E-state index is 13.7. The third kappa shape index (κ3) is 2.20. The Morgan fingerprint density at radius 1 is 1.33 bits per heavy atom. The second-order valence-corrected chi connectivity index (χ2v) is 6.03. The third-order valence-corrected chi connectivity index (χ3v) is 4.79. The van der Waals surface area contributed by atoms with Gasteiger partial charge in [0.2, 0.25) is 0 Å². The molecule has 1 saturated carbocycles. The molecule has 4 nitrogen and oxygen atoms in total. The lowest BCUT2D eigenvalue weighted by molar-refractivity contribution is -0.134. The highest BCUT2D eigenvalue weighted by Gasteiger charge is 2.54. The minimum Gasteiger partial charge on any atom is -0.323 e. The van der Waals surface area contributed by atoms with E-state index in [-0.39, 0.29) is 18.4 Å². The number of hydrogen-bond acceptors (Lipinski definition) is 2. The summed E-state index contributed by atoms with van der Waals surface area (Å²) < 4.78 is 13.7. The van der Waals surface area contributed by atoms with Gasteiger partial charge in [-0.05, 0) is 24.8 Å². The third-order valence-electron chi connectivity index (χ3n) is 4.79. The van der Waals surface area contributed by atoms with Gasteiger partial charge in [-0.2, -0.15) is 0 Å². The van der Waals surface area contributed by atoms with Crippen molar-refractivity contribution < 1.29 is 14.0 Å². The van der Waals surface area contributed by atoms with Crippen molar-refractivity contribution in [1.82, 2.24) is 10.2 Å². The van der Waals surface area contributed by atoms with Crippen LogP contribution in [0.5, 0.6) is 0 Å². The number of amides is 3. The molecule has 112 valence electrons. The maximum Gasteiger partial charge on any atom is 0.325 e. The highest BCUT2D eigenvalue weighted by Crippen LogP contribution is 2.38. The minimum absolute atomic E-state index is 0.00813. The first kappa shape index (κ1) is 14.0. The Labute approximate surface area is 123 Å². The van der Waals surface area contributed by atoms with Crippen LogP contribution in [-0.4, -0.2) is 22.4 Å². The number of benzene rings is 1. The Hall–Kier alpha value is -1.91. The predicted octanol–water partition coefficient (Wildman–Crippen LogP) is 2.83.